The van der Waals surface area contributed by atoms with Gasteiger partial charge in [-0.1, -0.05) is 13.3 Å². The maximum atomic E-state index is 5.64. The van der Waals surface area contributed by atoms with Crippen LogP contribution in [0.4, 0.5) is 5.69 Å². The van der Waals surface area contributed by atoms with Crippen LogP contribution >= 0.6 is 0 Å². The number of nitrogens with two attached hydrogens (primary N) is 1. The van der Waals surface area contributed by atoms with Gasteiger partial charge in [0.15, 0.2) is 0 Å². The van der Waals surface area contributed by atoms with Gasteiger partial charge in [0, 0.05) is 25.3 Å². The topological polar surface area (TPSA) is 38.5 Å². The molecule has 1 fully saturated rings. The van der Waals surface area contributed by atoms with Crippen molar-refractivity contribution >= 4 is 5.69 Å². The van der Waals surface area contributed by atoms with Crippen LogP contribution in [0, 0.1) is 5.92 Å². The van der Waals surface area contributed by atoms with Crippen LogP contribution in [0.2, 0.25) is 0 Å². The summed E-state index contributed by atoms with van der Waals surface area (Å²) in [5.74, 6) is 1.82. The van der Waals surface area contributed by atoms with Crippen LogP contribution < -0.4 is 10.5 Å². The van der Waals surface area contributed by atoms with Gasteiger partial charge in [-0.15, -0.1) is 0 Å². The predicted molar refractivity (Wildman–Crippen MR) is 66.6 cm³/mol. The van der Waals surface area contributed by atoms with E-state index in [0.29, 0.717) is 0 Å². The van der Waals surface area contributed by atoms with Gasteiger partial charge in [-0.05, 0) is 30.2 Å². The highest BCUT2D eigenvalue weighted by Gasteiger charge is 2.24. The Morgan fingerprint density at radius 3 is 2.62 bits per heavy atom. The molecule has 1 saturated heterocycles. The Kier molecular flexibility index (Phi) is 3.67. The second-order valence-electron chi connectivity index (χ2n) is 4.45. The summed E-state index contributed by atoms with van der Waals surface area (Å²) in [5.41, 5.74) is 6.38. The van der Waals surface area contributed by atoms with Gasteiger partial charge in [0.25, 0.3) is 0 Å². The summed E-state index contributed by atoms with van der Waals surface area (Å²) >= 11 is 0. The van der Waals surface area contributed by atoms with E-state index in [1.54, 1.807) is 0 Å². The summed E-state index contributed by atoms with van der Waals surface area (Å²) in [6.07, 6.45) is 1.30. The number of rotatable bonds is 5. The third-order valence-electron chi connectivity index (χ3n) is 3.17. The Morgan fingerprint density at radius 1 is 1.31 bits per heavy atom. The first kappa shape index (κ1) is 11.3. The molecule has 1 aromatic rings. The summed E-state index contributed by atoms with van der Waals surface area (Å²) in [5, 5.41) is 0. The summed E-state index contributed by atoms with van der Waals surface area (Å²) < 4.78 is 5.64. The van der Waals surface area contributed by atoms with E-state index in [-0.39, 0.29) is 0 Å². The average Bonchev–Trinajstić information content (AvgIpc) is 2.24. The van der Waals surface area contributed by atoms with E-state index in [0.717, 1.165) is 30.5 Å². The molecule has 88 valence electrons. The number of hydrogen-bond donors (Lipinski definition) is 1. The lowest BCUT2D eigenvalue weighted by Gasteiger charge is -2.38. The van der Waals surface area contributed by atoms with Gasteiger partial charge in [-0.3, -0.25) is 4.90 Å². The number of ether oxygens (including phenoxy) is 1. The van der Waals surface area contributed by atoms with Crippen molar-refractivity contribution in [3.8, 4) is 5.75 Å². The Labute approximate surface area is 97.2 Å². The second-order valence-corrected chi connectivity index (χ2v) is 4.45. The third kappa shape index (κ3) is 2.89. The minimum Gasteiger partial charge on any atom is -0.492 e. The van der Waals surface area contributed by atoms with Crippen molar-refractivity contribution in [3.05, 3.63) is 24.3 Å². The van der Waals surface area contributed by atoms with Gasteiger partial charge >= 0.3 is 0 Å². The molecule has 0 bridgehead atoms. The molecule has 1 aromatic carbocycles. The lowest BCUT2D eigenvalue weighted by atomic mass is 9.98. The first-order valence-corrected chi connectivity index (χ1v) is 5.98. The molecule has 1 heterocycles. The standard InChI is InChI=1S/C13H20N2O/c1-2-11-9-15(10-11)7-8-16-13-5-3-12(14)4-6-13/h3-6,11H,2,7-10,14H2,1H3. The van der Waals surface area contributed by atoms with Crippen molar-refractivity contribution in [1.29, 1.82) is 0 Å². The molecule has 0 spiro atoms. The lowest BCUT2D eigenvalue weighted by Crippen LogP contribution is -2.47. The average molecular weight is 220 g/mol. The van der Waals surface area contributed by atoms with Crippen LogP contribution in [0.3, 0.4) is 0 Å². The zero-order valence-corrected chi connectivity index (χ0v) is 9.86. The molecule has 0 amide bonds. The molecule has 0 aliphatic carbocycles. The third-order valence-corrected chi connectivity index (χ3v) is 3.17. The van der Waals surface area contributed by atoms with Gasteiger partial charge in [0.1, 0.15) is 12.4 Å². The molecule has 0 unspecified atom stereocenters. The first-order valence-electron chi connectivity index (χ1n) is 5.98. The van der Waals surface area contributed by atoms with Crippen LogP contribution in [0.25, 0.3) is 0 Å². The fraction of sp³-hybridized carbons (Fsp3) is 0.538. The van der Waals surface area contributed by atoms with Crippen molar-refractivity contribution in [2.45, 2.75) is 13.3 Å². The van der Waals surface area contributed by atoms with Gasteiger partial charge in [-0.25, -0.2) is 0 Å². The highest BCUT2D eigenvalue weighted by atomic mass is 16.5. The molecule has 0 atom stereocenters. The van der Waals surface area contributed by atoms with Crippen molar-refractivity contribution in [1.82, 2.24) is 4.90 Å². The fourth-order valence-electron chi connectivity index (χ4n) is 1.97. The molecule has 1 aliphatic rings. The number of benzene rings is 1. The van der Waals surface area contributed by atoms with Crippen LogP contribution in [0.5, 0.6) is 5.75 Å². The van der Waals surface area contributed by atoms with Gasteiger partial charge in [-0.2, -0.15) is 0 Å². The summed E-state index contributed by atoms with van der Waals surface area (Å²) in [6.45, 7) is 6.53. The molecule has 3 heteroatoms. The highest BCUT2D eigenvalue weighted by molar-refractivity contribution is 5.41. The van der Waals surface area contributed by atoms with Gasteiger partial charge in [0.05, 0.1) is 0 Å². The number of likely N-dealkylation sites (tertiary alicyclic amines) is 1. The Hall–Kier alpha value is -1.22. The fourth-order valence-corrected chi connectivity index (χ4v) is 1.97. The van der Waals surface area contributed by atoms with E-state index in [2.05, 4.69) is 11.8 Å². The Bertz CT molecular complexity index is 317. The zero-order chi connectivity index (χ0) is 11.4. The normalized spacial score (nSPS) is 17.1. The van der Waals surface area contributed by atoms with Crippen molar-refractivity contribution in [3.63, 3.8) is 0 Å². The van der Waals surface area contributed by atoms with E-state index in [9.17, 15) is 0 Å². The molecule has 0 radical (unpaired) electrons. The molecule has 0 aromatic heterocycles. The lowest BCUT2D eigenvalue weighted by molar-refractivity contribution is 0.0806. The van der Waals surface area contributed by atoms with Crippen LogP contribution in [0.1, 0.15) is 13.3 Å². The maximum absolute atomic E-state index is 5.64. The Balaban J connectivity index is 1.63. The predicted octanol–water partition coefficient (Wildman–Crippen LogP) is 1.99. The number of nitrogen functional groups attached to an aromatic ring is 1. The molecule has 0 saturated carbocycles. The maximum Gasteiger partial charge on any atom is 0.119 e. The zero-order valence-electron chi connectivity index (χ0n) is 9.86. The van der Waals surface area contributed by atoms with E-state index in [4.69, 9.17) is 10.5 Å². The molecular weight excluding hydrogens is 200 g/mol. The summed E-state index contributed by atoms with van der Waals surface area (Å²) in [4.78, 5) is 2.44. The van der Waals surface area contributed by atoms with Crippen LogP contribution in [-0.4, -0.2) is 31.1 Å². The summed E-state index contributed by atoms with van der Waals surface area (Å²) in [6, 6.07) is 7.57. The van der Waals surface area contributed by atoms with E-state index in [1.807, 2.05) is 24.3 Å². The molecule has 2 rings (SSSR count). The smallest absolute Gasteiger partial charge is 0.119 e. The quantitative estimate of drug-likeness (QED) is 0.771. The molecule has 1 aliphatic heterocycles. The first-order chi connectivity index (χ1) is 7.78. The number of nitrogens with zero attached hydrogens (tertiary/aromatic N) is 1. The number of hydrogen-bond acceptors (Lipinski definition) is 3. The van der Waals surface area contributed by atoms with Gasteiger partial charge in [0.2, 0.25) is 0 Å². The van der Waals surface area contributed by atoms with Crippen molar-refractivity contribution < 1.29 is 4.74 Å². The van der Waals surface area contributed by atoms with Crippen LogP contribution in [-0.2, 0) is 0 Å². The number of anilines is 1. The SMILES string of the molecule is CCC1CN(CCOc2ccc(N)cc2)C1. The summed E-state index contributed by atoms with van der Waals surface area (Å²) in [7, 11) is 0. The minimum atomic E-state index is 0.764. The molecular formula is C13H20N2O. The van der Waals surface area contributed by atoms with Crippen LogP contribution in [0.15, 0.2) is 24.3 Å². The molecule has 2 N–H and O–H groups in total. The molecule has 16 heavy (non-hydrogen) atoms. The van der Waals surface area contributed by atoms with E-state index < -0.39 is 0 Å². The highest BCUT2D eigenvalue weighted by Crippen LogP contribution is 2.18. The second kappa shape index (κ2) is 5.21. The van der Waals surface area contributed by atoms with E-state index >= 15 is 0 Å². The van der Waals surface area contributed by atoms with Crippen molar-refractivity contribution in [2.24, 2.45) is 5.92 Å². The largest absolute Gasteiger partial charge is 0.492 e. The molecule has 3 nitrogen and oxygen atoms in total. The Morgan fingerprint density at radius 2 is 2.00 bits per heavy atom. The van der Waals surface area contributed by atoms with Crippen molar-refractivity contribution in [2.75, 3.05) is 32.0 Å². The van der Waals surface area contributed by atoms with Gasteiger partial charge < -0.3 is 10.5 Å². The van der Waals surface area contributed by atoms with E-state index in [1.165, 1.54) is 19.5 Å². The minimum absolute atomic E-state index is 0.764. The monoisotopic (exact) mass is 220 g/mol.